The molecule has 3 nitrogen and oxygen atoms in total. The molecule has 0 N–H and O–H groups in total. The number of hydrogen-bond acceptors (Lipinski definition) is 3. The topological polar surface area (TPSA) is 34.0 Å². The average Bonchev–Trinajstić information content (AvgIpc) is 1.69. The summed E-state index contributed by atoms with van der Waals surface area (Å²) in [6.45, 7) is 3.30. The standard InChI is InChI=1S/C3H5N2OP/c1-2-4-3-6-5-7/h2-3,7H,1H2. The van der Waals surface area contributed by atoms with E-state index in [9.17, 15) is 0 Å². The Kier molecular flexibility index (Phi) is 4.79. The van der Waals surface area contributed by atoms with Gasteiger partial charge in [0.1, 0.15) is 0 Å². The van der Waals surface area contributed by atoms with Crippen molar-refractivity contribution in [3.63, 3.8) is 0 Å². The highest BCUT2D eigenvalue weighted by Crippen LogP contribution is 1.73. The summed E-state index contributed by atoms with van der Waals surface area (Å²) in [5.41, 5.74) is 0. The Labute approximate surface area is 44.0 Å². The zero-order valence-corrected chi connectivity index (χ0v) is 4.66. The molecule has 0 bridgehead atoms. The molecule has 4 heteroatoms. The van der Waals surface area contributed by atoms with E-state index in [0.717, 1.165) is 6.40 Å². The maximum Gasteiger partial charge on any atom is 0.212 e. The van der Waals surface area contributed by atoms with Crippen LogP contribution in [0, 0.1) is 0 Å². The van der Waals surface area contributed by atoms with Crippen LogP contribution in [0.4, 0.5) is 0 Å². The van der Waals surface area contributed by atoms with Crippen molar-refractivity contribution in [1.29, 1.82) is 0 Å². The molecular formula is C3H5N2OP. The third-order valence-corrected chi connectivity index (χ3v) is 0.372. The van der Waals surface area contributed by atoms with E-state index >= 15 is 0 Å². The van der Waals surface area contributed by atoms with E-state index in [1.807, 2.05) is 0 Å². The fourth-order valence-electron chi connectivity index (χ4n) is 0.0938. The molecule has 0 aromatic carbocycles. The number of aliphatic imine (C=N–C) groups is 1. The Balaban J connectivity index is 3.08. The maximum absolute atomic E-state index is 4.25. The Morgan fingerprint density at radius 3 is 2.86 bits per heavy atom. The first-order valence-electron chi connectivity index (χ1n) is 1.57. The van der Waals surface area contributed by atoms with Crippen LogP contribution in [0.25, 0.3) is 0 Å². The Morgan fingerprint density at radius 1 is 1.71 bits per heavy atom. The summed E-state index contributed by atoms with van der Waals surface area (Å²) in [6.07, 6.45) is 2.50. The van der Waals surface area contributed by atoms with Crippen molar-refractivity contribution in [2.24, 2.45) is 9.90 Å². The molecule has 0 saturated heterocycles. The molecule has 0 aliphatic carbocycles. The Bertz CT molecular complexity index is 90.9. The zero-order valence-electron chi connectivity index (χ0n) is 3.66. The van der Waals surface area contributed by atoms with Gasteiger partial charge in [-0.25, -0.2) is 4.99 Å². The van der Waals surface area contributed by atoms with Crippen LogP contribution in [0.3, 0.4) is 0 Å². The first-order valence-corrected chi connectivity index (χ1v) is 2.01. The van der Waals surface area contributed by atoms with Crippen LogP contribution >= 0.6 is 9.03 Å². The van der Waals surface area contributed by atoms with Gasteiger partial charge in [0.25, 0.3) is 0 Å². The van der Waals surface area contributed by atoms with Gasteiger partial charge in [0.2, 0.25) is 6.40 Å². The molecule has 0 radical (unpaired) electrons. The van der Waals surface area contributed by atoms with E-state index in [2.05, 4.69) is 30.3 Å². The van der Waals surface area contributed by atoms with Gasteiger partial charge < -0.3 is 4.84 Å². The monoisotopic (exact) mass is 116 g/mol. The lowest BCUT2D eigenvalue weighted by atomic mass is 11.1. The van der Waals surface area contributed by atoms with Gasteiger partial charge in [-0.15, -0.1) is 0 Å². The van der Waals surface area contributed by atoms with Crippen molar-refractivity contribution in [3.8, 4) is 0 Å². The zero-order chi connectivity index (χ0) is 5.54. The van der Waals surface area contributed by atoms with E-state index in [1.165, 1.54) is 6.20 Å². The van der Waals surface area contributed by atoms with Gasteiger partial charge >= 0.3 is 0 Å². The lowest BCUT2D eigenvalue weighted by Gasteiger charge is -1.76. The SMILES string of the molecule is C=CN=CON=P. The largest absolute Gasteiger partial charge is 0.341 e. The third kappa shape index (κ3) is 5.31. The van der Waals surface area contributed by atoms with Crippen LogP contribution < -0.4 is 0 Å². The summed E-state index contributed by atoms with van der Waals surface area (Å²) in [5.74, 6) is 0. The van der Waals surface area contributed by atoms with Crippen molar-refractivity contribution in [3.05, 3.63) is 12.8 Å². The molecule has 7 heavy (non-hydrogen) atoms. The summed E-state index contributed by atoms with van der Waals surface area (Å²) in [6, 6.07) is 0. The number of nitrogens with zero attached hydrogens (tertiary/aromatic N) is 2. The lowest BCUT2D eigenvalue weighted by Crippen LogP contribution is -1.68. The minimum Gasteiger partial charge on any atom is -0.341 e. The van der Waals surface area contributed by atoms with Crippen LogP contribution in [0.15, 0.2) is 22.7 Å². The van der Waals surface area contributed by atoms with Crippen LogP contribution in [0.1, 0.15) is 0 Å². The van der Waals surface area contributed by atoms with Gasteiger partial charge in [-0.05, 0) is 0 Å². The van der Waals surface area contributed by atoms with Crippen LogP contribution in [0.5, 0.6) is 0 Å². The second-order valence-electron chi connectivity index (χ2n) is 0.634. The Morgan fingerprint density at radius 2 is 2.43 bits per heavy atom. The first kappa shape index (κ1) is 6.31. The van der Waals surface area contributed by atoms with Crippen LogP contribution in [-0.2, 0) is 4.84 Å². The lowest BCUT2D eigenvalue weighted by molar-refractivity contribution is 0.355. The highest BCUT2D eigenvalue weighted by molar-refractivity contribution is 7.03. The van der Waals surface area contributed by atoms with E-state index in [0.29, 0.717) is 0 Å². The van der Waals surface area contributed by atoms with E-state index in [1.54, 1.807) is 0 Å². The molecule has 0 unspecified atom stereocenters. The second kappa shape index (κ2) is 5.31. The molecule has 0 saturated carbocycles. The van der Waals surface area contributed by atoms with Crippen LogP contribution in [0.2, 0.25) is 0 Å². The molecule has 0 spiro atoms. The molecule has 0 aliphatic heterocycles. The fraction of sp³-hybridized carbons (Fsp3) is 0. The minimum atomic E-state index is 1.15. The van der Waals surface area contributed by atoms with Gasteiger partial charge in [-0.2, -0.15) is 0 Å². The summed E-state index contributed by atoms with van der Waals surface area (Å²) in [7, 11) is 2.70. The molecule has 0 aromatic rings. The third-order valence-electron chi connectivity index (χ3n) is 0.266. The number of rotatable bonds is 3. The molecule has 0 fully saturated rings. The van der Waals surface area contributed by atoms with Gasteiger partial charge in [0.15, 0.2) is 0 Å². The highest BCUT2D eigenvalue weighted by Gasteiger charge is 1.58. The van der Waals surface area contributed by atoms with Gasteiger partial charge in [-0.3, -0.25) is 0 Å². The average molecular weight is 116 g/mol. The van der Waals surface area contributed by atoms with Gasteiger partial charge in [0.05, 0.1) is 0 Å². The molecule has 0 amide bonds. The normalized spacial score (nSPS) is 8.57. The maximum atomic E-state index is 4.25. The molecular weight excluding hydrogens is 111 g/mol. The van der Waals surface area contributed by atoms with Crippen molar-refractivity contribution in [2.45, 2.75) is 0 Å². The van der Waals surface area contributed by atoms with Crippen molar-refractivity contribution < 1.29 is 4.84 Å². The number of hydrogen-bond donors (Lipinski definition) is 0. The highest BCUT2D eigenvalue weighted by atomic mass is 31.0. The fourth-order valence-corrected chi connectivity index (χ4v) is 0.141. The summed E-state index contributed by atoms with van der Waals surface area (Å²) < 4.78 is 0. The van der Waals surface area contributed by atoms with Crippen LogP contribution in [-0.4, -0.2) is 6.40 Å². The van der Waals surface area contributed by atoms with Gasteiger partial charge in [-0.1, -0.05) is 11.5 Å². The van der Waals surface area contributed by atoms with E-state index in [4.69, 9.17) is 0 Å². The summed E-state index contributed by atoms with van der Waals surface area (Å²) in [5, 5.41) is 0. The smallest absolute Gasteiger partial charge is 0.212 e. The van der Waals surface area contributed by atoms with E-state index < -0.39 is 0 Å². The first-order chi connectivity index (χ1) is 3.41. The molecule has 0 rings (SSSR count). The predicted molar refractivity (Wildman–Crippen MR) is 30.5 cm³/mol. The predicted octanol–water partition coefficient (Wildman–Crippen LogP) is 1.42. The molecule has 0 heterocycles. The molecule has 0 aliphatic rings. The molecule has 0 aromatic heterocycles. The Hall–Kier alpha value is -0.690. The van der Waals surface area contributed by atoms with Gasteiger partial charge in [0, 0.05) is 15.2 Å². The van der Waals surface area contributed by atoms with Crippen molar-refractivity contribution >= 4 is 15.4 Å². The van der Waals surface area contributed by atoms with Crippen molar-refractivity contribution in [2.75, 3.05) is 0 Å². The summed E-state index contributed by atoms with van der Waals surface area (Å²) in [4.78, 5) is 10.8. The van der Waals surface area contributed by atoms with Crippen molar-refractivity contribution in [1.82, 2.24) is 0 Å². The van der Waals surface area contributed by atoms with E-state index in [-0.39, 0.29) is 0 Å². The molecule has 0 atom stereocenters. The molecule has 38 valence electrons. The summed E-state index contributed by atoms with van der Waals surface area (Å²) >= 11 is 0. The second-order valence-corrected chi connectivity index (χ2v) is 0.816. The quantitative estimate of drug-likeness (QED) is 0.237. The minimum absolute atomic E-state index is 1.15.